The van der Waals surface area contributed by atoms with Gasteiger partial charge in [-0.05, 0) is 17.7 Å². The number of hydrogen-bond acceptors (Lipinski definition) is 2. The molecule has 1 amide bonds. The van der Waals surface area contributed by atoms with Crippen molar-refractivity contribution in [1.29, 1.82) is 0 Å². The van der Waals surface area contributed by atoms with Gasteiger partial charge in [0.05, 0.1) is 11.4 Å². The van der Waals surface area contributed by atoms with E-state index in [1.807, 2.05) is 0 Å². The first kappa shape index (κ1) is 11.6. The van der Waals surface area contributed by atoms with E-state index < -0.39 is 0 Å². The summed E-state index contributed by atoms with van der Waals surface area (Å²) in [6, 6.07) is 5.90. The summed E-state index contributed by atoms with van der Waals surface area (Å²) in [6.45, 7) is 0.349. The molecule has 0 saturated heterocycles. The lowest BCUT2D eigenvalue weighted by atomic mass is 10.2. The summed E-state index contributed by atoms with van der Waals surface area (Å²) >= 11 is 4.59. The fourth-order valence-corrected chi connectivity index (χ4v) is 1.15. The molecule has 0 unspecified atom stereocenters. The van der Waals surface area contributed by atoms with Crippen LogP contribution in [-0.4, -0.2) is 10.9 Å². The van der Waals surface area contributed by atoms with Gasteiger partial charge in [-0.25, -0.2) is 4.39 Å². The molecule has 0 saturated carbocycles. The predicted octanol–water partition coefficient (Wildman–Crippen LogP) is 1.12. The van der Waals surface area contributed by atoms with E-state index in [1.165, 1.54) is 12.1 Å². The van der Waals surface area contributed by atoms with E-state index in [2.05, 4.69) is 17.5 Å². The van der Waals surface area contributed by atoms with Crippen LogP contribution in [0.5, 0.6) is 0 Å². The number of carbonyl (C=O) groups is 1. The Morgan fingerprint density at radius 1 is 1.40 bits per heavy atom. The zero-order valence-electron chi connectivity index (χ0n) is 8.00. The third-order valence-corrected chi connectivity index (χ3v) is 1.88. The number of benzene rings is 1. The highest BCUT2D eigenvalue weighted by molar-refractivity contribution is 7.80. The molecule has 0 aliphatic carbocycles. The van der Waals surface area contributed by atoms with Crippen LogP contribution in [0, 0.1) is 5.82 Å². The maximum Gasteiger partial charge on any atom is 0.227 e. The summed E-state index contributed by atoms with van der Waals surface area (Å²) in [5.41, 5.74) is 6.03. The molecule has 0 aliphatic heterocycles. The Labute approximate surface area is 92.5 Å². The van der Waals surface area contributed by atoms with E-state index in [9.17, 15) is 9.18 Å². The monoisotopic (exact) mass is 226 g/mol. The van der Waals surface area contributed by atoms with Crippen molar-refractivity contribution in [3.63, 3.8) is 0 Å². The van der Waals surface area contributed by atoms with Gasteiger partial charge in [0, 0.05) is 6.54 Å². The molecular formula is C10H11FN2OS. The molecule has 0 bridgehead atoms. The van der Waals surface area contributed by atoms with Gasteiger partial charge in [0.15, 0.2) is 0 Å². The summed E-state index contributed by atoms with van der Waals surface area (Å²) in [5.74, 6) is -0.528. The van der Waals surface area contributed by atoms with Gasteiger partial charge in [-0.15, -0.1) is 0 Å². The van der Waals surface area contributed by atoms with Crippen molar-refractivity contribution in [3.05, 3.63) is 35.6 Å². The summed E-state index contributed by atoms with van der Waals surface area (Å²) in [6.07, 6.45) is 0.0382. The first-order valence-electron chi connectivity index (χ1n) is 4.37. The quantitative estimate of drug-likeness (QED) is 0.756. The second kappa shape index (κ2) is 5.41. The molecule has 3 nitrogen and oxygen atoms in total. The van der Waals surface area contributed by atoms with E-state index in [-0.39, 0.29) is 23.1 Å². The molecule has 0 aromatic heterocycles. The van der Waals surface area contributed by atoms with E-state index in [0.29, 0.717) is 6.54 Å². The Bertz CT molecular complexity index is 364. The molecular weight excluding hydrogens is 215 g/mol. The fourth-order valence-electron chi connectivity index (χ4n) is 1.02. The third-order valence-electron chi connectivity index (χ3n) is 1.74. The highest BCUT2D eigenvalue weighted by Crippen LogP contribution is 2.01. The van der Waals surface area contributed by atoms with E-state index in [4.69, 9.17) is 5.73 Å². The second-order valence-electron chi connectivity index (χ2n) is 3.05. The topological polar surface area (TPSA) is 55.1 Å². The van der Waals surface area contributed by atoms with Crippen molar-refractivity contribution >= 4 is 23.1 Å². The van der Waals surface area contributed by atoms with Gasteiger partial charge in [-0.1, -0.05) is 24.4 Å². The number of hydrogen-bond donors (Lipinski definition) is 2. The minimum Gasteiger partial charge on any atom is -0.393 e. The lowest BCUT2D eigenvalue weighted by molar-refractivity contribution is -0.120. The largest absolute Gasteiger partial charge is 0.393 e. The average Bonchev–Trinajstić information content (AvgIpc) is 2.16. The van der Waals surface area contributed by atoms with Crippen LogP contribution in [0.2, 0.25) is 0 Å². The number of halogens is 1. The van der Waals surface area contributed by atoms with Gasteiger partial charge in [0.1, 0.15) is 5.82 Å². The molecule has 0 spiro atoms. The normalized spacial score (nSPS) is 9.67. The first-order chi connectivity index (χ1) is 7.08. The zero-order valence-corrected chi connectivity index (χ0v) is 8.81. The van der Waals surface area contributed by atoms with Crippen molar-refractivity contribution in [1.82, 2.24) is 5.32 Å². The number of thiocarbonyl (C=S) groups is 1. The van der Waals surface area contributed by atoms with Gasteiger partial charge in [-0.2, -0.15) is 0 Å². The van der Waals surface area contributed by atoms with Crippen LogP contribution >= 0.6 is 12.2 Å². The van der Waals surface area contributed by atoms with Crippen LogP contribution < -0.4 is 11.1 Å². The van der Waals surface area contributed by atoms with Crippen LogP contribution in [0.3, 0.4) is 0 Å². The van der Waals surface area contributed by atoms with Crippen LogP contribution in [0.4, 0.5) is 4.39 Å². The zero-order chi connectivity index (χ0) is 11.3. The van der Waals surface area contributed by atoms with Gasteiger partial charge < -0.3 is 11.1 Å². The molecule has 5 heteroatoms. The molecule has 1 rings (SSSR count). The van der Waals surface area contributed by atoms with Gasteiger partial charge in [0.25, 0.3) is 0 Å². The van der Waals surface area contributed by atoms with Crippen molar-refractivity contribution < 1.29 is 9.18 Å². The van der Waals surface area contributed by atoms with Gasteiger partial charge in [-0.3, -0.25) is 4.79 Å². The lowest BCUT2D eigenvalue weighted by Gasteiger charge is -2.04. The van der Waals surface area contributed by atoms with Crippen LogP contribution in [0.25, 0.3) is 0 Å². The van der Waals surface area contributed by atoms with Crippen molar-refractivity contribution in [2.45, 2.75) is 13.0 Å². The number of rotatable bonds is 4. The highest BCUT2D eigenvalue weighted by atomic mass is 32.1. The molecule has 0 radical (unpaired) electrons. The fraction of sp³-hybridized carbons (Fsp3) is 0.200. The van der Waals surface area contributed by atoms with E-state index >= 15 is 0 Å². The smallest absolute Gasteiger partial charge is 0.227 e. The molecule has 1 aromatic carbocycles. The summed E-state index contributed by atoms with van der Waals surface area (Å²) in [5, 5.41) is 2.62. The number of nitrogens with two attached hydrogens (primary N) is 1. The minimum absolute atomic E-state index is 0.0382. The highest BCUT2D eigenvalue weighted by Gasteiger charge is 2.02. The SMILES string of the molecule is NC(=S)CC(=O)NCc1ccc(F)cc1. The first-order valence-corrected chi connectivity index (χ1v) is 4.78. The third kappa shape index (κ3) is 4.51. The maximum absolute atomic E-state index is 12.5. The molecule has 15 heavy (non-hydrogen) atoms. The van der Waals surface area contributed by atoms with E-state index in [1.54, 1.807) is 12.1 Å². The van der Waals surface area contributed by atoms with E-state index in [0.717, 1.165) is 5.56 Å². The summed E-state index contributed by atoms with van der Waals surface area (Å²) in [4.78, 5) is 11.3. The molecule has 1 aromatic rings. The number of nitrogens with one attached hydrogen (secondary N) is 1. The Morgan fingerprint density at radius 2 is 2.00 bits per heavy atom. The van der Waals surface area contributed by atoms with Crippen LogP contribution in [-0.2, 0) is 11.3 Å². The van der Waals surface area contributed by atoms with Gasteiger partial charge in [0.2, 0.25) is 5.91 Å². The minimum atomic E-state index is -0.298. The van der Waals surface area contributed by atoms with Crippen LogP contribution in [0.1, 0.15) is 12.0 Å². The molecule has 80 valence electrons. The standard InChI is InChI=1S/C10H11FN2OS/c11-8-3-1-7(2-4-8)6-13-10(14)5-9(12)15/h1-4H,5-6H2,(H2,12,15)(H,13,14). The second-order valence-corrected chi connectivity index (χ2v) is 3.57. The molecule has 3 N–H and O–H groups in total. The molecule has 0 fully saturated rings. The van der Waals surface area contributed by atoms with Crippen LogP contribution in [0.15, 0.2) is 24.3 Å². The Balaban J connectivity index is 2.40. The predicted molar refractivity (Wildman–Crippen MR) is 59.6 cm³/mol. The molecule has 0 aliphatic rings. The summed E-state index contributed by atoms with van der Waals surface area (Å²) in [7, 11) is 0. The maximum atomic E-state index is 12.5. The van der Waals surface area contributed by atoms with Crippen molar-refractivity contribution in [2.75, 3.05) is 0 Å². The molecule has 0 atom stereocenters. The number of carbonyl (C=O) groups excluding carboxylic acids is 1. The Morgan fingerprint density at radius 3 is 2.53 bits per heavy atom. The number of amides is 1. The van der Waals surface area contributed by atoms with Gasteiger partial charge >= 0.3 is 0 Å². The summed E-state index contributed by atoms with van der Waals surface area (Å²) < 4.78 is 12.5. The Hall–Kier alpha value is -1.49. The van der Waals surface area contributed by atoms with Crippen molar-refractivity contribution in [2.24, 2.45) is 5.73 Å². The van der Waals surface area contributed by atoms with Crippen molar-refractivity contribution in [3.8, 4) is 0 Å². The average molecular weight is 226 g/mol. The lowest BCUT2D eigenvalue weighted by Crippen LogP contribution is -2.27. The molecule has 0 heterocycles. The Kier molecular flexibility index (Phi) is 4.17.